The minimum Gasteiger partial charge on any atom is -0.481 e. The average molecular weight is 370 g/mol. The number of hydrogen-bond acceptors (Lipinski definition) is 3. The number of carbonyl (C=O) groups is 1. The fourth-order valence-electron chi connectivity index (χ4n) is 2.59. The second-order valence-electron chi connectivity index (χ2n) is 6.04. The monoisotopic (exact) mass is 369 g/mol. The largest absolute Gasteiger partial charge is 0.481 e. The molecule has 0 bridgehead atoms. The number of likely N-dealkylation sites (N-methyl/N-ethyl adjacent to an activating group) is 1. The van der Waals surface area contributed by atoms with E-state index in [1.165, 1.54) is 0 Å². The van der Waals surface area contributed by atoms with Crippen LogP contribution in [-0.2, 0) is 11.3 Å². The van der Waals surface area contributed by atoms with Gasteiger partial charge >= 0.3 is 0 Å². The van der Waals surface area contributed by atoms with E-state index in [9.17, 15) is 4.79 Å². The van der Waals surface area contributed by atoms with E-state index in [1.807, 2.05) is 36.5 Å². The van der Waals surface area contributed by atoms with Crippen molar-refractivity contribution in [2.75, 3.05) is 7.05 Å². The smallest absolute Gasteiger partial charge is 0.263 e. The molecular weight excluding hydrogens is 350 g/mol. The zero-order valence-electron chi connectivity index (χ0n) is 14.7. The Kier molecular flexibility index (Phi) is 5.58. The maximum Gasteiger partial charge on any atom is 0.263 e. The Bertz CT molecular complexity index is 862. The summed E-state index contributed by atoms with van der Waals surface area (Å²) < 4.78 is 7.49. The molecule has 0 fully saturated rings. The number of halogens is 1. The third-order valence-electron chi connectivity index (χ3n) is 3.93. The number of para-hydroxylation sites is 1. The van der Waals surface area contributed by atoms with Gasteiger partial charge in [0.2, 0.25) is 0 Å². The van der Waals surface area contributed by atoms with Crippen LogP contribution in [0.5, 0.6) is 5.75 Å². The summed E-state index contributed by atoms with van der Waals surface area (Å²) in [6, 6.07) is 16.8. The molecular formula is C20H20ClN3O2. The van der Waals surface area contributed by atoms with Gasteiger partial charge in [0.1, 0.15) is 5.75 Å². The van der Waals surface area contributed by atoms with E-state index in [2.05, 4.69) is 5.10 Å². The van der Waals surface area contributed by atoms with Crippen LogP contribution in [-0.4, -0.2) is 33.7 Å². The molecule has 26 heavy (non-hydrogen) atoms. The minimum absolute atomic E-state index is 0.104. The highest BCUT2D eigenvalue weighted by Gasteiger charge is 2.20. The van der Waals surface area contributed by atoms with Crippen LogP contribution in [0.25, 0.3) is 5.69 Å². The highest BCUT2D eigenvalue weighted by Crippen LogP contribution is 2.17. The lowest BCUT2D eigenvalue weighted by molar-refractivity contribution is -0.137. The summed E-state index contributed by atoms with van der Waals surface area (Å²) in [5.74, 6) is 0.507. The molecule has 0 spiro atoms. The van der Waals surface area contributed by atoms with Gasteiger partial charge in [-0.2, -0.15) is 5.10 Å². The normalized spacial score (nSPS) is 11.8. The second-order valence-corrected chi connectivity index (χ2v) is 6.47. The first kappa shape index (κ1) is 18.0. The number of hydrogen-bond donors (Lipinski definition) is 0. The van der Waals surface area contributed by atoms with Crippen LogP contribution >= 0.6 is 11.6 Å². The molecule has 3 rings (SSSR count). The Hall–Kier alpha value is -2.79. The number of rotatable bonds is 6. The van der Waals surface area contributed by atoms with Gasteiger partial charge in [-0.25, -0.2) is 4.68 Å². The van der Waals surface area contributed by atoms with Gasteiger partial charge in [-0.15, -0.1) is 0 Å². The molecule has 1 amide bonds. The Morgan fingerprint density at radius 1 is 1.19 bits per heavy atom. The third-order valence-corrected chi connectivity index (χ3v) is 4.18. The Balaban J connectivity index is 1.60. The van der Waals surface area contributed by atoms with E-state index in [-0.39, 0.29) is 5.91 Å². The van der Waals surface area contributed by atoms with Crippen molar-refractivity contribution in [3.05, 3.63) is 77.6 Å². The summed E-state index contributed by atoms with van der Waals surface area (Å²) in [5, 5.41) is 4.98. The van der Waals surface area contributed by atoms with Crippen molar-refractivity contribution in [1.29, 1.82) is 0 Å². The molecule has 1 atom stereocenters. The van der Waals surface area contributed by atoms with Crippen LogP contribution in [0.4, 0.5) is 0 Å². The van der Waals surface area contributed by atoms with Gasteiger partial charge in [-0.1, -0.05) is 29.8 Å². The van der Waals surface area contributed by atoms with E-state index >= 15 is 0 Å². The van der Waals surface area contributed by atoms with Crippen LogP contribution in [0.1, 0.15) is 12.5 Å². The first-order chi connectivity index (χ1) is 12.5. The molecule has 134 valence electrons. The van der Waals surface area contributed by atoms with E-state index in [0.717, 1.165) is 11.3 Å². The summed E-state index contributed by atoms with van der Waals surface area (Å²) in [6.45, 7) is 2.20. The van der Waals surface area contributed by atoms with Crippen molar-refractivity contribution in [2.24, 2.45) is 0 Å². The molecule has 3 aromatic rings. The first-order valence-electron chi connectivity index (χ1n) is 8.29. The highest BCUT2D eigenvalue weighted by atomic mass is 35.5. The predicted octanol–water partition coefficient (Wildman–Crippen LogP) is 3.95. The zero-order chi connectivity index (χ0) is 18.5. The Morgan fingerprint density at radius 3 is 2.58 bits per heavy atom. The number of nitrogens with zero attached hydrogens (tertiary/aromatic N) is 3. The molecule has 0 N–H and O–H groups in total. The summed E-state index contributed by atoms with van der Waals surface area (Å²) in [5.41, 5.74) is 1.93. The number of aromatic nitrogens is 2. The average Bonchev–Trinajstić information content (AvgIpc) is 3.12. The first-order valence-corrected chi connectivity index (χ1v) is 8.67. The summed E-state index contributed by atoms with van der Waals surface area (Å²) in [6.07, 6.45) is 3.09. The molecule has 0 radical (unpaired) electrons. The maximum atomic E-state index is 12.5. The molecule has 1 unspecified atom stereocenters. The molecule has 0 aliphatic rings. The molecule has 1 heterocycles. The zero-order valence-corrected chi connectivity index (χ0v) is 15.4. The topological polar surface area (TPSA) is 47.4 Å². The van der Waals surface area contributed by atoms with E-state index in [0.29, 0.717) is 17.3 Å². The lowest BCUT2D eigenvalue weighted by Crippen LogP contribution is -2.37. The SMILES string of the molecule is CC(Oc1ccc(Cl)cc1)C(=O)N(C)Cc1cnn(-c2ccccc2)c1. The number of benzene rings is 2. The highest BCUT2D eigenvalue weighted by molar-refractivity contribution is 6.30. The molecule has 5 nitrogen and oxygen atoms in total. The van der Waals surface area contributed by atoms with Crippen molar-refractivity contribution >= 4 is 17.5 Å². The van der Waals surface area contributed by atoms with Gasteiger partial charge in [-0.05, 0) is 43.3 Å². The minimum atomic E-state index is -0.592. The summed E-state index contributed by atoms with van der Waals surface area (Å²) in [7, 11) is 1.75. The van der Waals surface area contributed by atoms with Gasteiger partial charge < -0.3 is 9.64 Å². The summed E-state index contributed by atoms with van der Waals surface area (Å²) >= 11 is 5.86. The van der Waals surface area contributed by atoms with E-state index in [4.69, 9.17) is 16.3 Å². The lowest BCUT2D eigenvalue weighted by atomic mass is 10.3. The van der Waals surface area contributed by atoms with Gasteiger partial charge in [0.05, 0.1) is 11.9 Å². The van der Waals surface area contributed by atoms with Crippen molar-refractivity contribution in [3.63, 3.8) is 0 Å². The lowest BCUT2D eigenvalue weighted by Gasteiger charge is -2.21. The number of ether oxygens (including phenoxy) is 1. The van der Waals surface area contributed by atoms with Gasteiger partial charge in [0, 0.05) is 30.4 Å². The Morgan fingerprint density at radius 2 is 1.88 bits per heavy atom. The number of carbonyl (C=O) groups excluding carboxylic acids is 1. The van der Waals surface area contributed by atoms with Crippen molar-refractivity contribution in [1.82, 2.24) is 14.7 Å². The van der Waals surface area contributed by atoms with Gasteiger partial charge in [0.15, 0.2) is 6.10 Å². The van der Waals surface area contributed by atoms with Crippen molar-refractivity contribution < 1.29 is 9.53 Å². The molecule has 1 aromatic heterocycles. The van der Waals surface area contributed by atoms with Crippen LogP contribution in [0.15, 0.2) is 67.0 Å². The Labute approximate surface area is 157 Å². The van der Waals surface area contributed by atoms with Crippen LogP contribution in [0, 0.1) is 0 Å². The van der Waals surface area contributed by atoms with Crippen LogP contribution in [0.3, 0.4) is 0 Å². The fourth-order valence-corrected chi connectivity index (χ4v) is 2.72. The molecule has 0 saturated heterocycles. The molecule has 6 heteroatoms. The third kappa shape index (κ3) is 4.43. The van der Waals surface area contributed by atoms with Gasteiger partial charge in [0.25, 0.3) is 5.91 Å². The molecule has 0 aliphatic carbocycles. The maximum absolute atomic E-state index is 12.5. The van der Waals surface area contributed by atoms with Crippen LogP contribution < -0.4 is 4.74 Å². The number of amides is 1. The van der Waals surface area contributed by atoms with Crippen LogP contribution in [0.2, 0.25) is 5.02 Å². The van der Waals surface area contributed by atoms with Crippen molar-refractivity contribution in [3.8, 4) is 11.4 Å². The van der Waals surface area contributed by atoms with Crippen molar-refractivity contribution in [2.45, 2.75) is 19.6 Å². The molecule has 0 saturated carbocycles. The molecule has 0 aliphatic heterocycles. The second kappa shape index (κ2) is 8.06. The predicted molar refractivity (Wildman–Crippen MR) is 102 cm³/mol. The summed E-state index contributed by atoms with van der Waals surface area (Å²) in [4.78, 5) is 14.2. The molecule has 2 aromatic carbocycles. The van der Waals surface area contributed by atoms with Gasteiger partial charge in [-0.3, -0.25) is 4.79 Å². The van der Waals surface area contributed by atoms with E-state index < -0.39 is 6.10 Å². The standard InChI is InChI=1S/C20H20ClN3O2/c1-15(26-19-10-8-17(21)9-11-19)20(25)23(2)13-16-12-22-24(14-16)18-6-4-3-5-7-18/h3-12,14-15H,13H2,1-2H3. The quantitative estimate of drug-likeness (QED) is 0.661. The van der Waals surface area contributed by atoms with E-state index in [1.54, 1.807) is 54.0 Å². The fraction of sp³-hybridized carbons (Fsp3) is 0.200.